The molecule has 20 heavy (non-hydrogen) atoms. The maximum atomic E-state index is 6.32. The Labute approximate surface area is 126 Å². The summed E-state index contributed by atoms with van der Waals surface area (Å²) in [7, 11) is 1.69. The quantitative estimate of drug-likeness (QED) is 0.673. The van der Waals surface area contributed by atoms with Crippen molar-refractivity contribution in [2.24, 2.45) is 0 Å². The molecule has 1 atom stereocenters. The topological polar surface area (TPSA) is 30.5 Å². The van der Waals surface area contributed by atoms with Crippen LogP contribution in [-0.2, 0) is 9.47 Å². The lowest BCUT2D eigenvalue weighted by molar-refractivity contribution is 0.0669. The lowest BCUT2D eigenvalue weighted by Crippen LogP contribution is -2.24. The number of nitrogens with one attached hydrogen (secondary N) is 1. The molecule has 3 nitrogen and oxygen atoms in total. The van der Waals surface area contributed by atoms with E-state index in [2.05, 4.69) is 17.4 Å². The van der Waals surface area contributed by atoms with Gasteiger partial charge in [-0.1, -0.05) is 29.8 Å². The van der Waals surface area contributed by atoms with E-state index in [9.17, 15) is 0 Å². The highest BCUT2D eigenvalue weighted by molar-refractivity contribution is 6.31. The molecule has 0 aliphatic heterocycles. The van der Waals surface area contributed by atoms with Crippen molar-refractivity contribution < 1.29 is 9.47 Å². The molecule has 1 N–H and O–H groups in total. The van der Waals surface area contributed by atoms with Crippen LogP contribution in [0.25, 0.3) is 0 Å². The minimum Gasteiger partial charge on any atom is -0.382 e. The van der Waals surface area contributed by atoms with E-state index >= 15 is 0 Å². The second-order valence-corrected chi connectivity index (χ2v) is 5.70. The van der Waals surface area contributed by atoms with Crippen LogP contribution in [0.2, 0.25) is 5.02 Å². The molecule has 0 heterocycles. The van der Waals surface area contributed by atoms with Crippen molar-refractivity contribution in [2.75, 3.05) is 33.5 Å². The monoisotopic (exact) mass is 297 g/mol. The van der Waals surface area contributed by atoms with Gasteiger partial charge in [-0.25, -0.2) is 0 Å². The van der Waals surface area contributed by atoms with Gasteiger partial charge >= 0.3 is 0 Å². The Bertz CT molecular complexity index is 396. The third-order valence-corrected chi connectivity index (χ3v) is 3.96. The summed E-state index contributed by atoms with van der Waals surface area (Å²) in [5, 5.41) is 4.45. The smallest absolute Gasteiger partial charge is 0.0700 e. The molecule has 0 amide bonds. The van der Waals surface area contributed by atoms with Gasteiger partial charge in [-0.15, -0.1) is 0 Å². The lowest BCUT2D eigenvalue weighted by Gasteiger charge is -2.19. The van der Waals surface area contributed by atoms with Crippen molar-refractivity contribution in [1.29, 1.82) is 0 Å². The highest BCUT2D eigenvalue weighted by atomic mass is 35.5. The fourth-order valence-corrected chi connectivity index (χ4v) is 2.53. The summed E-state index contributed by atoms with van der Waals surface area (Å²) in [6.45, 7) is 3.02. The second kappa shape index (κ2) is 8.63. The van der Waals surface area contributed by atoms with Crippen molar-refractivity contribution in [3.05, 3.63) is 34.9 Å². The largest absolute Gasteiger partial charge is 0.382 e. The molecular formula is C16H24ClNO2. The fraction of sp³-hybridized carbons (Fsp3) is 0.625. The maximum absolute atomic E-state index is 6.32. The normalized spacial score (nSPS) is 16.3. The zero-order chi connectivity index (χ0) is 14.2. The molecule has 1 aromatic carbocycles. The first kappa shape index (κ1) is 15.8. The van der Waals surface area contributed by atoms with Gasteiger partial charge in [-0.2, -0.15) is 0 Å². The fourth-order valence-electron chi connectivity index (χ4n) is 2.24. The molecule has 2 rings (SSSR count). The zero-order valence-corrected chi connectivity index (χ0v) is 12.9. The van der Waals surface area contributed by atoms with Crippen molar-refractivity contribution in [3.63, 3.8) is 0 Å². The Kier molecular flexibility index (Phi) is 6.80. The van der Waals surface area contributed by atoms with Crippen LogP contribution in [0.3, 0.4) is 0 Å². The van der Waals surface area contributed by atoms with Crippen molar-refractivity contribution in [2.45, 2.75) is 31.2 Å². The molecule has 4 heteroatoms. The molecule has 1 fully saturated rings. The van der Waals surface area contributed by atoms with Crippen LogP contribution in [0.15, 0.2) is 24.3 Å². The molecule has 1 aliphatic carbocycles. The van der Waals surface area contributed by atoms with Crippen LogP contribution in [-0.4, -0.2) is 39.5 Å². The van der Waals surface area contributed by atoms with Gasteiger partial charge in [-0.05, 0) is 30.9 Å². The van der Waals surface area contributed by atoms with Crippen molar-refractivity contribution in [1.82, 2.24) is 5.32 Å². The van der Waals surface area contributed by atoms with E-state index in [1.54, 1.807) is 7.11 Å². The number of rotatable bonds is 10. The zero-order valence-electron chi connectivity index (χ0n) is 12.1. The number of ether oxygens (including phenoxy) is 2. The molecule has 1 saturated carbocycles. The van der Waals surface area contributed by atoms with E-state index in [0.717, 1.165) is 30.6 Å². The van der Waals surface area contributed by atoms with Gasteiger partial charge in [0.05, 0.1) is 13.2 Å². The molecular weight excluding hydrogens is 274 g/mol. The van der Waals surface area contributed by atoms with Crippen LogP contribution >= 0.6 is 11.6 Å². The number of hydrogen-bond donors (Lipinski definition) is 1. The Morgan fingerprint density at radius 1 is 1.25 bits per heavy atom. The molecule has 1 unspecified atom stereocenters. The predicted octanol–water partition coefficient (Wildman–Crippen LogP) is 3.23. The predicted molar refractivity (Wildman–Crippen MR) is 82.5 cm³/mol. The van der Waals surface area contributed by atoms with Gasteiger partial charge in [0.2, 0.25) is 0 Å². The summed E-state index contributed by atoms with van der Waals surface area (Å²) in [5.74, 6) is 0.409. The van der Waals surface area contributed by atoms with E-state index in [-0.39, 0.29) is 0 Å². The minimum atomic E-state index is 0.409. The lowest BCUT2D eigenvalue weighted by atomic mass is 9.96. The molecule has 1 aromatic rings. The van der Waals surface area contributed by atoms with E-state index in [1.807, 2.05) is 12.1 Å². The molecule has 0 radical (unpaired) electrons. The van der Waals surface area contributed by atoms with Crippen LogP contribution in [0.4, 0.5) is 0 Å². The average Bonchev–Trinajstić information content (AvgIpc) is 3.27. The van der Waals surface area contributed by atoms with Crippen molar-refractivity contribution in [3.8, 4) is 0 Å². The molecule has 1 aliphatic rings. The summed E-state index contributed by atoms with van der Waals surface area (Å²) < 4.78 is 10.6. The number of benzene rings is 1. The molecule has 0 bridgehead atoms. The molecule has 0 aromatic heterocycles. The third-order valence-electron chi connectivity index (χ3n) is 3.62. The Morgan fingerprint density at radius 3 is 2.75 bits per heavy atom. The second-order valence-electron chi connectivity index (χ2n) is 5.29. The van der Waals surface area contributed by atoms with Crippen molar-refractivity contribution >= 4 is 11.6 Å². The summed E-state index contributed by atoms with van der Waals surface area (Å²) in [4.78, 5) is 0. The summed E-state index contributed by atoms with van der Waals surface area (Å²) in [6.07, 6.45) is 3.59. The first-order valence-corrected chi connectivity index (χ1v) is 7.73. The molecule has 112 valence electrons. The van der Waals surface area contributed by atoms with Gasteiger partial charge in [0.1, 0.15) is 0 Å². The summed E-state index contributed by atoms with van der Waals surface area (Å²) in [6, 6.07) is 8.84. The third kappa shape index (κ3) is 5.41. The van der Waals surface area contributed by atoms with E-state index < -0.39 is 0 Å². The Hall–Kier alpha value is -0.610. The number of halogens is 1. The van der Waals surface area contributed by atoms with Crippen LogP contribution in [0, 0.1) is 0 Å². The Morgan fingerprint density at radius 2 is 2.05 bits per heavy atom. The van der Waals surface area contributed by atoms with Gasteiger partial charge in [0.15, 0.2) is 0 Å². The summed E-state index contributed by atoms with van der Waals surface area (Å²) >= 11 is 6.32. The van der Waals surface area contributed by atoms with E-state index in [1.165, 1.54) is 18.4 Å². The first-order chi connectivity index (χ1) is 9.81. The number of methoxy groups -OCH3 is 1. The minimum absolute atomic E-state index is 0.409. The van der Waals surface area contributed by atoms with Crippen LogP contribution in [0.5, 0.6) is 0 Å². The van der Waals surface area contributed by atoms with Gasteiger partial charge in [0, 0.05) is 37.2 Å². The summed E-state index contributed by atoms with van der Waals surface area (Å²) in [5.41, 5.74) is 1.22. The average molecular weight is 298 g/mol. The van der Waals surface area contributed by atoms with Gasteiger partial charge in [0.25, 0.3) is 0 Å². The van der Waals surface area contributed by atoms with Gasteiger partial charge < -0.3 is 14.8 Å². The van der Waals surface area contributed by atoms with Gasteiger partial charge in [-0.3, -0.25) is 0 Å². The molecule has 0 spiro atoms. The highest BCUT2D eigenvalue weighted by Crippen LogP contribution is 2.28. The van der Waals surface area contributed by atoms with Crippen LogP contribution in [0.1, 0.15) is 30.7 Å². The SMILES string of the molecule is COCCOCCC(CNC1CC1)c1ccccc1Cl. The van der Waals surface area contributed by atoms with E-state index in [0.29, 0.717) is 19.1 Å². The standard InChI is InChI=1S/C16H24ClNO2/c1-19-10-11-20-9-8-13(12-18-14-6-7-14)15-4-2-3-5-16(15)17/h2-5,13-14,18H,6-12H2,1H3. The van der Waals surface area contributed by atoms with E-state index in [4.69, 9.17) is 21.1 Å². The Balaban J connectivity index is 1.84. The highest BCUT2D eigenvalue weighted by Gasteiger charge is 2.23. The number of hydrogen-bond acceptors (Lipinski definition) is 3. The molecule has 0 saturated heterocycles. The maximum Gasteiger partial charge on any atom is 0.0700 e. The first-order valence-electron chi connectivity index (χ1n) is 7.35. The van der Waals surface area contributed by atoms with Crippen LogP contribution < -0.4 is 5.32 Å².